The number of nitrogens with one attached hydrogen (secondary N) is 2. The smallest absolute Gasteiger partial charge is 0.263 e. The third-order valence-corrected chi connectivity index (χ3v) is 15.4. The Bertz CT molecular complexity index is 2800. The Balaban J connectivity index is 0.704. The largest absolute Gasteiger partial charge is 0.385 e. The minimum atomic E-state index is -1.01. The van der Waals surface area contributed by atoms with Crippen molar-refractivity contribution in [3.8, 4) is 0 Å². The molecule has 0 radical (unpaired) electrons. The van der Waals surface area contributed by atoms with Crippen molar-refractivity contribution in [2.75, 3.05) is 31.5 Å². The topological polar surface area (TPSA) is 183 Å². The predicted octanol–water partition coefficient (Wildman–Crippen LogP) is 6.74. The van der Waals surface area contributed by atoms with Crippen molar-refractivity contribution in [2.24, 2.45) is 0 Å². The van der Waals surface area contributed by atoms with E-state index in [9.17, 15) is 29.1 Å². The second-order valence-corrected chi connectivity index (χ2v) is 19.5. The molecular weight excluding hydrogens is 847 g/mol. The Morgan fingerprint density at radius 3 is 2.34 bits per heavy atom. The van der Waals surface area contributed by atoms with E-state index < -0.39 is 17.6 Å². The van der Waals surface area contributed by atoms with Crippen LogP contribution in [0.1, 0.15) is 150 Å². The molecule has 3 N–H and O–H groups in total. The molecule has 15 nitrogen and oxygen atoms in total. The van der Waals surface area contributed by atoms with Crippen molar-refractivity contribution in [1.29, 1.82) is 0 Å². The van der Waals surface area contributed by atoms with E-state index in [-0.39, 0.29) is 47.2 Å². The monoisotopic (exact) mass is 905 g/mol. The highest BCUT2D eigenvalue weighted by Gasteiger charge is 2.41. The molecule has 7 heterocycles. The average Bonchev–Trinajstić information content (AvgIpc) is 3.97. The Kier molecular flexibility index (Phi) is 12.1. The van der Waals surface area contributed by atoms with Crippen LogP contribution in [-0.2, 0) is 28.3 Å². The van der Waals surface area contributed by atoms with Crippen LogP contribution in [0.5, 0.6) is 0 Å². The number of imide groups is 1. The number of Topliss-reactive ketones (excluding diaryl/α,β-unsaturated/α-hetero) is 1. The highest BCUT2D eigenvalue weighted by Crippen LogP contribution is 2.39. The molecule has 67 heavy (non-hydrogen) atoms. The summed E-state index contributed by atoms with van der Waals surface area (Å²) in [6.07, 6.45) is 11.3. The molecule has 2 atom stereocenters. The number of aromatic nitrogens is 4. The van der Waals surface area contributed by atoms with Crippen LogP contribution in [0.4, 0.5) is 11.8 Å². The third kappa shape index (κ3) is 8.68. The molecule has 1 aliphatic carbocycles. The zero-order chi connectivity index (χ0) is 46.6. The Labute approximate surface area is 390 Å². The molecule has 348 valence electrons. The Morgan fingerprint density at radius 1 is 0.910 bits per heavy atom. The normalized spacial score (nSPS) is 21.2. The van der Waals surface area contributed by atoms with Crippen LogP contribution in [0, 0.1) is 6.92 Å². The van der Waals surface area contributed by atoms with Crippen molar-refractivity contribution in [3.05, 3.63) is 122 Å². The molecule has 4 fully saturated rings. The maximum Gasteiger partial charge on any atom is 0.263 e. The molecule has 2 aromatic carbocycles. The summed E-state index contributed by atoms with van der Waals surface area (Å²) in [6.45, 7) is 10.1. The number of hydrogen-bond acceptors (Lipinski definition) is 12. The summed E-state index contributed by atoms with van der Waals surface area (Å²) in [4.78, 5) is 84.2. The van der Waals surface area contributed by atoms with E-state index in [1.807, 2.05) is 24.4 Å². The van der Waals surface area contributed by atoms with E-state index >= 15 is 0 Å². The number of aliphatic hydroxyl groups is 1. The maximum absolute atomic E-state index is 13.6. The van der Waals surface area contributed by atoms with Crippen LogP contribution >= 0.6 is 0 Å². The summed E-state index contributed by atoms with van der Waals surface area (Å²) in [7, 11) is 0. The van der Waals surface area contributed by atoms with Crippen LogP contribution < -0.4 is 16.2 Å². The van der Waals surface area contributed by atoms with Gasteiger partial charge in [-0.3, -0.25) is 43.7 Å². The number of aryl methyl sites for hydroxylation is 1. The average molecular weight is 906 g/mol. The SMILES string of the molecule is CC(=O)c1c(C)c2cnc(Nc3ccc(C4CCN(Cc5ccc([C@H](C)N6CCC(O)(c7ccc8c(c7)CN(C7CCC(=O)NC7=O)C8=O)CC6)cc5)CC4)cn3)nc2n(C2CCCC2)c1=O. The number of amides is 3. The van der Waals surface area contributed by atoms with Gasteiger partial charge in [0.1, 0.15) is 17.5 Å². The van der Waals surface area contributed by atoms with Gasteiger partial charge in [-0.25, -0.2) is 9.97 Å². The van der Waals surface area contributed by atoms with Gasteiger partial charge in [-0.05, 0) is 130 Å². The second kappa shape index (κ2) is 18.1. The van der Waals surface area contributed by atoms with Crippen LogP contribution in [0.15, 0.2) is 71.8 Å². The first-order valence-corrected chi connectivity index (χ1v) is 24.0. The minimum Gasteiger partial charge on any atom is -0.385 e. The van der Waals surface area contributed by atoms with E-state index in [1.165, 1.54) is 23.6 Å². The van der Waals surface area contributed by atoms with Gasteiger partial charge in [-0.15, -0.1) is 0 Å². The van der Waals surface area contributed by atoms with Crippen molar-refractivity contribution in [1.82, 2.24) is 39.5 Å². The number of piperidine rings is 3. The van der Waals surface area contributed by atoms with Gasteiger partial charge >= 0.3 is 0 Å². The standard InChI is InChI=1S/C52H59N9O6/c1-31-42-28-54-51(57-47(42)61(40-6-4-5-7-40)50(66)46(31)33(3)62)55-44-16-12-37(27-53-44)36-18-22-58(23-19-36)29-34-8-10-35(11-9-34)32(2)59-24-20-52(67,21-25-59)39-13-14-41-38(26-39)30-60(49(41)65)43-15-17-45(63)56-48(43)64/h8-14,16,26-28,32,36,40,43,67H,4-7,15,17-25,29-30H2,1-3H3,(H,56,63,64)(H,53,54,55,57)/t32-,43?/m0/s1. The number of fused-ring (bicyclic) bond motifs is 2. The van der Waals surface area contributed by atoms with E-state index in [2.05, 4.69) is 62.7 Å². The number of nitrogens with zero attached hydrogens (tertiary/aromatic N) is 7. The number of hydrogen-bond donors (Lipinski definition) is 3. The third-order valence-electron chi connectivity index (χ3n) is 15.4. The molecule has 3 saturated heterocycles. The predicted molar refractivity (Wildman–Crippen MR) is 253 cm³/mol. The van der Waals surface area contributed by atoms with E-state index in [0.717, 1.165) is 82.4 Å². The Morgan fingerprint density at radius 2 is 1.66 bits per heavy atom. The van der Waals surface area contributed by atoms with Gasteiger partial charge in [-0.1, -0.05) is 55.3 Å². The number of anilines is 2. The van der Waals surface area contributed by atoms with Crippen LogP contribution in [0.2, 0.25) is 0 Å². The fourth-order valence-electron chi connectivity index (χ4n) is 11.4. The second-order valence-electron chi connectivity index (χ2n) is 19.5. The first kappa shape index (κ1) is 44.7. The van der Waals surface area contributed by atoms with Crippen LogP contribution in [0.25, 0.3) is 11.0 Å². The lowest BCUT2D eigenvalue weighted by atomic mass is 9.82. The molecule has 5 aromatic rings. The number of carbonyl (C=O) groups is 4. The molecule has 10 rings (SSSR count). The minimum absolute atomic E-state index is 0.0137. The van der Waals surface area contributed by atoms with Crippen molar-refractivity contribution in [3.63, 3.8) is 0 Å². The molecule has 0 spiro atoms. The highest BCUT2D eigenvalue weighted by molar-refractivity contribution is 6.05. The zero-order valence-electron chi connectivity index (χ0n) is 38.6. The fraction of sp³-hybridized carbons (Fsp3) is 0.462. The zero-order valence-corrected chi connectivity index (χ0v) is 38.6. The van der Waals surface area contributed by atoms with E-state index in [1.54, 1.807) is 28.7 Å². The first-order chi connectivity index (χ1) is 32.3. The molecule has 1 unspecified atom stereocenters. The molecule has 5 aliphatic rings. The van der Waals surface area contributed by atoms with Gasteiger partial charge in [-0.2, -0.15) is 4.98 Å². The molecule has 3 amide bonds. The van der Waals surface area contributed by atoms with Crippen LogP contribution in [-0.4, -0.2) is 95.1 Å². The maximum atomic E-state index is 13.6. The number of rotatable bonds is 11. The van der Waals surface area contributed by atoms with Gasteiger partial charge in [0.15, 0.2) is 5.78 Å². The van der Waals surface area contributed by atoms with Gasteiger partial charge in [0.25, 0.3) is 11.5 Å². The summed E-state index contributed by atoms with van der Waals surface area (Å²) >= 11 is 0. The molecular formula is C52H59N9O6. The van der Waals surface area contributed by atoms with Crippen molar-refractivity contribution >= 4 is 46.3 Å². The summed E-state index contributed by atoms with van der Waals surface area (Å²) in [6, 6.07) is 18.2. The summed E-state index contributed by atoms with van der Waals surface area (Å²) in [5.41, 5.74) is 6.04. The summed E-state index contributed by atoms with van der Waals surface area (Å²) in [5.74, 6) is 0.230. The van der Waals surface area contributed by atoms with E-state index in [0.29, 0.717) is 65.7 Å². The molecule has 0 bridgehead atoms. The lowest BCUT2D eigenvalue weighted by Crippen LogP contribution is -2.52. The number of ketones is 1. The summed E-state index contributed by atoms with van der Waals surface area (Å²) in [5, 5.41) is 18.2. The number of pyridine rings is 2. The molecule has 3 aromatic heterocycles. The number of benzene rings is 2. The van der Waals surface area contributed by atoms with Gasteiger partial charge in [0, 0.05) is 68.0 Å². The fourth-order valence-corrected chi connectivity index (χ4v) is 11.4. The number of likely N-dealkylation sites (tertiary alicyclic amines) is 2. The quantitative estimate of drug-likeness (QED) is 0.0939. The lowest BCUT2D eigenvalue weighted by molar-refractivity contribution is -0.136. The van der Waals surface area contributed by atoms with Gasteiger partial charge in [0.05, 0.1) is 11.2 Å². The van der Waals surface area contributed by atoms with Gasteiger partial charge < -0.3 is 15.3 Å². The van der Waals surface area contributed by atoms with Crippen LogP contribution in [0.3, 0.4) is 0 Å². The lowest BCUT2D eigenvalue weighted by Gasteiger charge is -2.41. The highest BCUT2D eigenvalue weighted by atomic mass is 16.3. The molecule has 4 aliphatic heterocycles. The molecule has 1 saturated carbocycles. The van der Waals surface area contributed by atoms with Crippen molar-refractivity contribution < 1.29 is 24.3 Å². The Hall–Kier alpha value is -6.16. The van der Waals surface area contributed by atoms with Gasteiger partial charge in [0.2, 0.25) is 17.8 Å². The molecule has 15 heteroatoms. The van der Waals surface area contributed by atoms with E-state index in [4.69, 9.17) is 9.97 Å². The first-order valence-electron chi connectivity index (χ1n) is 24.0. The van der Waals surface area contributed by atoms with Crippen molar-refractivity contribution in [2.45, 2.75) is 128 Å². The summed E-state index contributed by atoms with van der Waals surface area (Å²) < 4.78 is 1.73. The number of carbonyl (C=O) groups excluding carboxylic acids is 4.